The fourth-order valence-electron chi connectivity index (χ4n) is 2.50. The largest absolute Gasteiger partial charge is 0.314 e. The Hall–Kier alpha value is -0.930. The summed E-state index contributed by atoms with van der Waals surface area (Å²) >= 11 is 0. The number of benzene rings is 1. The van der Waals surface area contributed by atoms with Crippen LogP contribution in [0.25, 0.3) is 0 Å². The smallest absolute Gasteiger partial charge is 0.127 e. The molecule has 1 saturated carbocycles. The maximum Gasteiger partial charge on any atom is 0.127 e. The van der Waals surface area contributed by atoms with Crippen molar-refractivity contribution in [3.8, 4) is 0 Å². The minimum absolute atomic E-state index is 0.0968. The van der Waals surface area contributed by atoms with Crippen molar-refractivity contribution in [3.05, 3.63) is 35.6 Å². The van der Waals surface area contributed by atoms with Gasteiger partial charge in [-0.3, -0.25) is 4.90 Å². The number of unbranched alkanes of at least 4 members (excludes halogenated alkanes) is 2. The Morgan fingerprint density at radius 3 is 2.70 bits per heavy atom. The molecule has 1 atom stereocenters. The van der Waals surface area contributed by atoms with Crippen molar-refractivity contribution in [2.45, 2.75) is 51.1 Å². The molecule has 0 amide bonds. The number of hydrogen-bond acceptors (Lipinski definition) is 2. The van der Waals surface area contributed by atoms with Crippen molar-refractivity contribution in [1.82, 2.24) is 10.2 Å². The van der Waals surface area contributed by atoms with Crippen molar-refractivity contribution in [3.63, 3.8) is 0 Å². The molecular weight excluding hydrogens is 251 g/mol. The highest BCUT2D eigenvalue weighted by molar-refractivity contribution is 5.20. The van der Waals surface area contributed by atoms with Crippen LogP contribution in [0.2, 0.25) is 0 Å². The van der Waals surface area contributed by atoms with Crippen LogP contribution in [0.3, 0.4) is 0 Å². The standard InChI is InChI=1S/C17H27FN2/c1-14(16-8-4-5-9-17(16)18)20(2)13-7-3-6-12-19-15-10-11-15/h4-5,8-9,14-15,19H,3,6-7,10-13H2,1-2H3. The monoisotopic (exact) mass is 278 g/mol. The molecule has 1 fully saturated rings. The number of hydrogen-bond donors (Lipinski definition) is 1. The number of halogens is 1. The van der Waals surface area contributed by atoms with E-state index in [4.69, 9.17) is 0 Å². The van der Waals surface area contributed by atoms with Crippen molar-refractivity contribution in [2.75, 3.05) is 20.1 Å². The molecule has 0 heterocycles. The first-order valence-electron chi connectivity index (χ1n) is 7.86. The first kappa shape index (κ1) is 15.5. The molecule has 2 nitrogen and oxygen atoms in total. The molecule has 20 heavy (non-hydrogen) atoms. The summed E-state index contributed by atoms with van der Waals surface area (Å²) in [5.74, 6) is -0.0968. The Bertz CT molecular complexity index is 404. The molecule has 0 saturated heterocycles. The van der Waals surface area contributed by atoms with Gasteiger partial charge in [0, 0.05) is 17.6 Å². The predicted molar refractivity (Wildman–Crippen MR) is 82.3 cm³/mol. The van der Waals surface area contributed by atoms with Crippen LogP contribution < -0.4 is 5.32 Å². The van der Waals surface area contributed by atoms with E-state index in [2.05, 4.69) is 24.2 Å². The van der Waals surface area contributed by atoms with Gasteiger partial charge in [0.25, 0.3) is 0 Å². The van der Waals surface area contributed by atoms with E-state index in [0.29, 0.717) is 0 Å². The second-order valence-electron chi connectivity index (χ2n) is 5.97. The van der Waals surface area contributed by atoms with E-state index in [-0.39, 0.29) is 11.9 Å². The zero-order valence-corrected chi connectivity index (χ0v) is 12.7. The van der Waals surface area contributed by atoms with Crippen LogP contribution in [0.15, 0.2) is 24.3 Å². The van der Waals surface area contributed by atoms with Crippen LogP contribution in [0.4, 0.5) is 4.39 Å². The number of nitrogens with zero attached hydrogens (tertiary/aromatic N) is 1. The molecule has 2 rings (SSSR count). The Labute approximate surface area is 122 Å². The average molecular weight is 278 g/mol. The van der Waals surface area contributed by atoms with Crippen LogP contribution in [-0.4, -0.2) is 31.1 Å². The van der Waals surface area contributed by atoms with Crippen molar-refractivity contribution < 1.29 is 4.39 Å². The molecule has 0 aromatic heterocycles. The Balaban J connectivity index is 1.63. The number of rotatable bonds is 9. The molecule has 1 N–H and O–H groups in total. The Morgan fingerprint density at radius 1 is 1.25 bits per heavy atom. The van der Waals surface area contributed by atoms with E-state index < -0.39 is 0 Å². The average Bonchev–Trinajstić information content (AvgIpc) is 3.26. The first-order chi connectivity index (χ1) is 9.68. The lowest BCUT2D eigenvalue weighted by Crippen LogP contribution is -2.24. The molecule has 1 aliphatic rings. The fourth-order valence-corrected chi connectivity index (χ4v) is 2.50. The van der Waals surface area contributed by atoms with Crippen LogP contribution in [0, 0.1) is 5.82 Å². The van der Waals surface area contributed by atoms with Gasteiger partial charge in [-0.2, -0.15) is 0 Å². The van der Waals surface area contributed by atoms with Crippen LogP contribution >= 0.6 is 0 Å². The third kappa shape index (κ3) is 4.88. The summed E-state index contributed by atoms with van der Waals surface area (Å²) < 4.78 is 13.7. The molecule has 3 heteroatoms. The molecule has 1 aromatic rings. The second kappa shape index (κ2) is 7.75. The SMILES string of the molecule is CC(c1ccccc1F)N(C)CCCCCNC1CC1. The minimum Gasteiger partial charge on any atom is -0.314 e. The second-order valence-corrected chi connectivity index (χ2v) is 5.97. The molecule has 0 aliphatic heterocycles. The highest BCUT2D eigenvalue weighted by atomic mass is 19.1. The first-order valence-corrected chi connectivity index (χ1v) is 7.86. The summed E-state index contributed by atoms with van der Waals surface area (Å²) in [5, 5.41) is 3.54. The molecular formula is C17H27FN2. The quantitative estimate of drug-likeness (QED) is 0.692. The number of nitrogens with one attached hydrogen (secondary N) is 1. The zero-order chi connectivity index (χ0) is 14.4. The van der Waals surface area contributed by atoms with Gasteiger partial charge < -0.3 is 5.32 Å². The highest BCUT2D eigenvalue weighted by Gasteiger charge is 2.19. The molecule has 1 aromatic carbocycles. The van der Waals surface area contributed by atoms with E-state index >= 15 is 0 Å². The van der Waals surface area contributed by atoms with Crippen molar-refractivity contribution in [2.24, 2.45) is 0 Å². The van der Waals surface area contributed by atoms with Gasteiger partial charge in [0.15, 0.2) is 0 Å². The topological polar surface area (TPSA) is 15.3 Å². The van der Waals surface area contributed by atoms with E-state index in [1.54, 1.807) is 12.1 Å². The van der Waals surface area contributed by atoms with Gasteiger partial charge in [0.2, 0.25) is 0 Å². The fraction of sp³-hybridized carbons (Fsp3) is 0.647. The predicted octanol–water partition coefficient (Wildman–Crippen LogP) is 3.74. The highest BCUT2D eigenvalue weighted by Crippen LogP contribution is 2.22. The van der Waals surface area contributed by atoms with E-state index in [1.807, 2.05) is 12.1 Å². The molecule has 0 radical (unpaired) electrons. The van der Waals surface area contributed by atoms with Crippen LogP contribution in [0.5, 0.6) is 0 Å². The van der Waals surface area contributed by atoms with Gasteiger partial charge in [0.1, 0.15) is 5.82 Å². The maximum absolute atomic E-state index is 13.7. The van der Waals surface area contributed by atoms with Gasteiger partial charge in [-0.1, -0.05) is 24.6 Å². The van der Waals surface area contributed by atoms with Crippen molar-refractivity contribution >= 4 is 0 Å². The molecule has 0 bridgehead atoms. The lowest BCUT2D eigenvalue weighted by molar-refractivity contribution is 0.250. The summed E-state index contributed by atoms with van der Waals surface area (Å²) in [5.41, 5.74) is 0.797. The maximum atomic E-state index is 13.7. The minimum atomic E-state index is -0.0968. The Morgan fingerprint density at radius 2 is 2.00 bits per heavy atom. The van der Waals surface area contributed by atoms with Gasteiger partial charge >= 0.3 is 0 Å². The summed E-state index contributed by atoms with van der Waals surface area (Å²) in [6.45, 7) is 4.25. The summed E-state index contributed by atoms with van der Waals surface area (Å²) in [4.78, 5) is 2.24. The van der Waals surface area contributed by atoms with Gasteiger partial charge in [-0.05, 0) is 58.8 Å². The van der Waals surface area contributed by atoms with Crippen molar-refractivity contribution in [1.29, 1.82) is 0 Å². The lowest BCUT2D eigenvalue weighted by atomic mass is 10.1. The van der Waals surface area contributed by atoms with Gasteiger partial charge in [0.05, 0.1) is 0 Å². The lowest BCUT2D eigenvalue weighted by Gasteiger charge is -2.25. The van der Waals surface area contributed by atoms with E-state index in [0.717, 1.165) is 24.7 Å². The molecule has 0 spiro atoms. The Kier molecular flexibility index (Phi) is 5.99. The summed E-state index contributed by atoms with van der Waals surface area (Å²) in [7, 11) is 2.08. The normalized spacial score (nSPS) is 16.6. The molecule has 1 unspecified atom stereocenters. The van der Waals surface area contributed by atoms with E-state index in [9.17, 15) is 4.39 Å². The zero-order valence-electron chi connectivity index (χ0n) is 12.7. The molecule has 112 valence electrons. The van der Waals surface area contributed by atoms with Crippen LogP contribution in [-0.2, 0) is 0 Å². The third-order valence-electron chi connectivity index (χ3n) is 4.21. The summed E-state index contributed by atoms with van der Waals surface area (Å²) in [6.07, 6.45) is 6.40. The van der Waals surface area contributed by atoms with Crippen LogP contribution in [0.1, 0.15) is 50.6 Å². The third-order valence-corrected chi connectivity index (χ3v) is 4.21. The summed E-state index contributed by atoms with van der Waals surface area (Å²) in [6, 6.07) is 8.05. The van der Waals surface area contributed by atoms with Gasteiger partial charge in [-0.15, -0.1) is 0 Å². The molecule has 1 aliphatic carbocycles. The van der Waals surface area contributed by atoms with Gasteiger partial charge in [-0.25, -0.2) is 4.39 Å². The van der Waals surface area contributed by atoms with E-state index in [1.165, 1.54) is 32.1 Å².